The maximum Gasteiger partial charge on any atom is 0.241 e. The number of rotatable bonds is 1. The second-order valence-corrected chi connectivity index (χ2v) is 4.34. The molecule has 1 aliphatic carbocycles. The van der Waals surface area contributed by atoms with Crippen LogP contribution in [0.4, 0.5) is 4.39 Å². The Labute approximate surface area is 95.1 Å². The van der Waals surface area contributed by atoms with Crippen molar-refractivity contribution in [2.24, 2.45) is 5.73 Å². The lowest BCUT2D eigenvalue weighted by Gasteiger charge is -2.03. The van der Waals surface area contributed by atoms with Crippen LogP contribution in [-0.4, -0.2) is 5.91 Å². The van der Waals surface area contributed by atoms with E-state index in [1.54, 1.807) is 0 Å². The van der Waals surface area contributed by atoms with Gasteiger partial charge in [0.2, 0.25) is 5.91 Å². The van der Waals surface area contributed by atoms with Crippen LogP contribution in [0, 0.1) is 5.82 Å². The summed E-state index contributed by atoms with van der Waals surface area (Å²) in [6.07, 6.45) is 2.92. The Bertz CT molecular complexity index is 468. The van der Waals surface area contributed by atoms with E-state index in [-0.39, 0.29) is 5.82 Å². The van der Waals surface area contributed by atoms with Crippen molar-refractivity contribution in [2.45, 2.75) is 12.8 Å². The van der Waals surface area contributed by atoms with Crippen molar-refractivity contribution >= 4 is 27.4 Å². The van der Waals surface area contributed by atoms with E-state index in [9.17, 15) is 9.18 Å². The highest BCUT2D eigenvalue weighted by atomic mass is 79.9. The predicted molar refractivity (Wildman–Crippen MR) is 59.6 cm³/mol. The van der Waals surface area contributed by atoms with Crippen molar-refractivity contribution in [3.05, 3.63) is 39.6 Å². The van der Waals surface area contributed by atoms with Crippen molar-refractivity contribution in [1.29, 1.82) is 0 Å². The van der Waals surface area contributed by atoms with Crippen LogP contribution in [-0.2, 0) is 11.2 Å². The fourth-order valence-corrected chi connectivity index (χ4v) is 2.49. The van der Waals surface area contributed by atoms with E-state index in [2.05, 4.69) is 15.9 Å². The van der Waals surface area contributed by atoms with E-state index in [0.29, 0.717) is 0 Å². The van der Waals surface area contributed by atoms with Gasteiger partial charge in [0, 0.05) is 10.5 Å². The molecule has 0 unspecified atom stereocenters. The largest absolute Gasteiger partial charge is 0.366 e. The minimum absolute atomic E-state index is 0.308. The van der Waals surface area contributed by atoms with E-state index in [1.165, 1.54) is 18.2 Å². The Kier molecular flexibility index (Phi) is 2.61. The second-order valence-electron chi connectivity index (χ2n) is 3.49. The Morgan fingerprint density at radius 3 is 2.87 bits per heavy atom. The van der Waals surface area contributed by atoms with Gasteiger partial charge in [0.25, 0.3) is 0 Å². The lowest BCUT2D eigenvalue weighted by molar-refractivity contribution is -0.113. The van der Waals surface area contributed by atoms with Crippen molar-refractivity contribution < 1.29 is 9.18 Å². The highest BCUT2D eigenvalue weighted by molar-refractivity contribution is 9.10. The summed E-state index contributed by atoms with van der Waals surface area (Å²) in [5.74, 6) is -0.795. The number of fused-ring (bicyclic) bond motifs is 1. The maximum absolute atomic E-state index is 13.2. The third-order valence-electron chi connectivity index (χ3n) is 2.47. The summed E-state index contributed by atoms with van der Waals surface area (Å²) in [5.41, 5.74) is 7.74. The molecule has 1 aliphatic rings. The molecular weight excluding hydrogens is 261 g/mol. The molecule has 0 spiro atoms. The van der Waals surface area contributed by atoms with E-state index in [0.717, 1.165) is 34.0 Å². The Hall–Kier alpha value is -1.16. The molecule has 78 valence electrons. The van der Waals surface area contributed by atoms with Crippen molar-refractivity contribution in [3.8, 4) is 0 Å². The fraction of sp³-hybridized carbons (Fsp3) is 0.182. The van der Waals surface area contributed by atoms with Gasteiger partial charge >= 0.3 is 0 Å². The fourth-order valence-electron chi connectivity index (χ4n) is 1.86. The molecule has 0 radical (unpaired) electrons. The lowest BCUT2D eigenvalue weighted by atomic mass is 10.1. The molecule has 0 heterocycles. The van der Waals surface area contributed by atoms with Gasteiger partial charge in [0.1, 0.15) is 5.82 Å². The number of amides is 1. The molecule has 0 bridgehead atoms. The average molecular weight is 270 g/mol. The monoisotopic (exact) mass is 269 g/mol. The third-order valence-corrected chi connectivity index (χ3v) is 3.17. The van der Waals surface area contributed by atoms with Gasteiger partial charge < -0.3 is 5.73 Å². The summed E-state index contributed by atoms with van der Waals surface area (Å²) in [4.78, 5) is 10.8. The molecule has 2 rings (SSSR count). The number of halogens is 2. The van der Waals surface area contributed by atoms with Gasteiger partial charge in [-0.15, -0.1) is 0 Å². The van der Waals surface area contributed by atoms with Gasteiger partial charge in [-0.2, -0.15) is 0 Å². The number of allylic oxidation sites excluding steroid dienone is 1. The zero-order valence-corrected chi connectivity index (χ0v) is 9.47. The lowest BCUT2D eigenvalue weighted by Crippen LogP contribution is -2.06. The Morgan fingerprint density at radius 2 is 2.20 bits per heavy atom. The quantitative estimate of drug-likeness (QED) is 0.782. The van der Waals surface area contributed by atoms with E-state index in [4.69, 9.17) is 5.73 Å². The van der Waals surface area contributed by atoms with Gasteiger partial charge in [-0.25, -0.2) is 4.39 Å². The number of carbonyl (C=O) groups excluding carboxylic acids is 1. The predicted octanol–water partition coefficient (Wildman–Crippen LogP) is 2.40. The Morgan fingerprint density at radius 1 is 1.47 bits per heavy atom. The molecule has 1 amide bonds. The molecular formula is C11H9BrFNO. The first-order valence-corrected chi connectivity index (χ1v) is 5.35. The van der Waals surface area contributed by atoms with Crippen LogP contribution < -0.4 is 5.73 Å². The highest BCUT2D eigenvalue weighted by Gasteiger charge is 2.20. The average Bonchev–Trinajstić information content (AvgIpc) is 2.48. The zero-order valence-electron chi connectivity index (χ0n) is 7.89. The minimum Gasteiger partial charge on any atom is -0.366 e. The zero-order chi connectivity index (χ0) is 11.0. The molecule has 4 heteroatoms. The molecule has 0 atom stereocenters. The number of primary amides is 1. The molecule has 0 saturated heterocycles. The maximum atomic E-state index is 13.2. The summed E-state index contributed by atoms with van der Waals surface area (Å²) in [6.45, 7) is 0. The van der Waals surface area contributed by atoms with Crippen molar-refractivity contribution in [2.75, 3.05) is 0 Å². The van der Waals surface area contributed by atoms with Crippen LogP contribution in [0.2, 0.25) is 0 Å². The number of carbonyl (C=O) groups is 1. The number of hydrogen-bond acceptors (Lipinski definition) is 1. The SMILES string of the molecule is NC(=O)/C=C1/CCc2c(Br)cc(F)cc21. The van der Waals surface area contributed by atoms with Gasteiger partial charge in [0.05, 0.1) is 0 Å². The van der Waals surface area contributed by atoms with E-state index in [1.807, 2.05) is 0 Å². The molecule has 1 aromatic carbocycles. The Balaban J connectivity index is 2.55. The van der Waals surface area contributed by atoms with E-state index >= 15 is 0 Å². The highest BCUT2D eigenvalue weighted by Crippen LogP contribution is 2.37. The molecule has 0 aromatic heterocycles. The third kappa shape index (κ3) is 1.95. The summed E-state index contributed by atoms with van der Waals surface area (Å²) in [5, 5.41) is 0. The number of benzene rings is 1. The molecule has 15 heavy (non-hydrogen) atoms. The van der Waals surface area contributed by atoms with Crippen LogP contribution in [0.5, 0.6) is 0 Å². The van der Waals surface area contributed by atoms with Gasteiger partial charge in [-0.05, 0) is 41.7 Å². The van der Waals surface area contributed by atoms with Crippen LogP contribution in [0.25, 0.3) is 5.57 Å². The van der Waals surface area contributed by atoms with E-state index < -0.39 is 5.91 Å². The molecule has 2 nitrogen and oxygen atoms in total. The van der Waals surface area contributed by atoms with Crippen LogP contribution >= 0.6 is 15.9 Å². The van der Waals surface area contributed by atoms with Crippen molar-refractivity contribution in [1.82, 2.24) is 0 Å². The standard InChI is InChI=1S/C11H9BrFNO/c12-10-5-7(13)4-9-6(3-11(14)15)1-2-8(9)10/h3-5H,1-2H2,(H2,14,15)/b6-3-. The topological polar surface area (TPSA) is 43.1 Å². The first kappa shape index (κ1) is 10.4. The van der Waals surface area contributed by atoms with Crippen LogP contribution in [0.15, 0.2) is 22.7 Å². The summed E-state index contributed by atoms with van der Waals surface area (Å²) in [7, 11) is 0. The van der Waals surface area contributed by atoms with Crippen molar-refractivity contribution in [3.63, 3.8) is 0 Å². The first-order valence-electron chi connectivity index (χ1n) is 4.56. The second kappa shape index (κ2) is 3.77. The normalized spacial score (nSPS) is 16.8. The van der Waals surface area contributed by atoms with Gasteiger partial charge in [-0.3, -0.25) is 4.79 Å². The first-order chi connectivity index (χ1) is 7.08. The number of hydrogen-bond donors (Lipinski definition) is 1. The number of nitrogens with two attached hydrogens (primary N) is 1. The van der Waals surface area contributed by atoms with Gasteiger partial charge in [0.15, 0.2) is 0 Å². The summed E-state index contributed by atoms with van der Waals surface area (Å²) < 4.78 is 13.9. The molecule has 1 aromatic rings. The molecule has 0 fully saturated rings. The smallest absolute Gasteiger partial charge is 0.241 e. The molecule has 2 N–H and O–H groups in total. The molecule has 0 saturated carbocycles. The van der Waals surface area contributed by atoms with Gasteiger partial charge in [-0.1, -0.05) is 15.9 Å². The minimum atomic E-state index is -0.488. The van der Waals surface area contributed by atoms with Crippen LogP contribution in [0.1, 0.15) is 17.5 Å². The molecule has 0 aliphatic heterocycles. The summed E-state index contributed by atoms with van der Waals surface area (Å²) >= 11 is 3.31. The summed E-state index contributed by atoms with van der Waals surface area (Å²) in [6, 6.07) is 2.88. The van der Waals surface area contributed by atoms with Crippen LogP contribution in [0.3, 0.4) is 0 Å².